The van der Waals surface area contributed by atoms with Gasteiger partial charge in [-0.2, -0.15) is 0 Å². The maximum Gasteiger partial charge on any atom is 0.508 e. The van der Waals surface area contributed by atoms with Gasteiger partial charge in [0.2, 0.25) is 6.23 Å². The number of aliphatic hydroxyl groups is 2. The van der Waals surface area contributed by atoms with Crippen molar-refractivity contribution in [2.24, 2.45) is 5.92 Å². The topological polar surface area (TPSA) is 109 Å². The summed E-state index contributed by atoms with van der Waals surface area (Å²) in [7, 11) is 0. The average molecular weight is 729 g/mol. The van der Waals surface area contributed by atoms with E-state index in [-0.39, 0.29) is 19.3 Å². The second kappa shape index (κ2) is 36.9. The lowest BCUT2D eigenvalue weighted by Crippen LogP contribution is -2.46. The summed E-state index contributed by atoms with van der Waals surface area (Å²) in [5, 5.41) is 20.6. The van der Waals surface area contributed by atoms with E-state index in [4.69, 9.17) is 14.2 Å². The van der Waals surface area contributed by atoms with Crippen LogP contribution in [0.5, 0.6) is 0 Å². The Kier molecular flexibility index (Phi) is 35.9. The molecular weight excluding hydrogens is 644 g/mol. The van der Waals surface area contributed by atoms with Crippen molar-refractivity contribution in [2.45, 2.75) is 201 Å². The first-order valence-corrected chi connectivity index (χ1v) is 21.6. The lowest BCUT2D eigenvalue weighted by molar-refractivity contribution is -0.166. The molecule has 9 heteroatoms. The molecule has 9 nitrogen and oxygen atoms in total. The van der Waals surface area contributed by atoms with E-state index in [1.54, 1.807) is 4.90 Å². The highest BCUT2D eigenvalue weighted by Crippen LogP contribution is 2.20. The van der Waals surface area contributed by atoms with Gasteiger partial charge in [-0.05, 0) is 51.0 Å². The summed E-state index contributed by atoms with van der Waals surface area (Å²) in [6.45, 7) is 13.4. The van der Waals surface area contributed by atoms with E-state index in [1.165, 1.54) is 89.9 Å². The third kappa shape index (κ3) is 29.7. The maximum absolute atomic E-state index is 13.0. The van der Waals surface area contributed by atoms with Crippen LogP contribution in [0.25, 0.3) is 0 Å². The van der Waals surface area contributed by atoms with Gasteiger partial charge in [0.05, 0.1) is 13.2 Å². The summed E-state index contributed by atoms with van der Waals surface area (Å²) in [5.74, 6) is -0.263. The predicted octanol–water partition coefficient (Wildman–Crippen LogP) is 10.0. The van der Waals surface area contributed by atoms with Crippen molar-refractivity contribution in [1.29, 1.82) is 0 Å². The second-order valence-corrected chi connectivity index (χ2v) is 14.7. The quantitative estimate of drug-likeness (QED) is 0.0365. The number of nitrogens with zero attached hydrogens (tertiary/aromatic N) is 2. The summed E-state index contributed by atoms with van der Waals surface area (Å²) in [6, 6.07) is 0. The number of hydrogen-bond acceptors (Lipinski definition) is 9. The molecule has 0 aromatic heterocycles. The molecule has 0 aromatic rings. The van der Waals surface area contributed by atoms with Crippen LogP contribution in [-0.2, 0) is 19.0 Å². The van der Waals surface area contributed by atoms with Gasteiger partial charge in [0.15, 0.2) is 0 Å². The Bertz CT molecular complexity index is 771. The van der Waals surface area contributed by atoms with E-state index in [1.807, 2.05) is 11.8 Å². The van der Waals surface area contributed by atoms with Gasteiger partial charge in [0, 0.05) is 26.2 Å². The Morgan fingerprint density at radius 1 is 0.569 bits per heavy atom. The molecule has 3 unspecified atom stereocenters. The molecule has 0 rings (SSSR count). The number of unbranched alkanes of at least 4 members (excludes halogenated alkanes) is 16. The average Bonchev–Trinajstić information content (AvgIpc) is 3.12. The number of ether oxygens (including phenoxy) is 3. The van der Waals surface area contributed by atoms with E-state index in [0.29, 0.717) is 45.2 Å². The Balaban J connectivity index is 4.79. The smallest absolute Gasteiger partial charge is 0.462 e. The predicted molar refractivity (Wildman–Crippen MR) is 211 cm³/mol. The zero-order chi connectivity index (χ0) is 37.8. The zero-order valence-electron chi connectivity index (χ0n) is 34.2. The summed E-state index contributed by atoms with van der Waals surface area (Å²) in [5.41, 5.74) is 0. The largest absolute Gasteiger partial charge is 0.508 e. The molecule has 0 aromatic carbocycles. The van der Waals surface area contributed by atoms with Gasteiger partial charge in [-0.25, -0.2) is 9.59 Å². The fourth-order valence-corrected chi connectivity index (χ4v) is 6.65. The zero-order valence-corrected chi connectivity index (χ0v) is 34.2. The summed E-state index contributed by atoms with van der Waals surface area (Å²) in [6.07, 6.45) is 25.9. The van der Waals surface area contributed by atoms with Gasteiger partial charge in [0.1, 0.15) is 12.7 Å². The molecule has 0 spiro atoms. The van der Waals surface area contributed by atoms with E-state index in [9.17, 15) is 19.8 Å². The Labute approximate surface area is 314 Å². The van der Waals surface area contributed by atoms with Gasteiger partial charge < -0.3 is 24.4 Å². The number of carbonyl (C=O) groups is 2. The van der Waals surface area contributed by atoms with Crippen LogP contribution in [0.1, 0.15) is 189 Å². The highest BCUT2D eigenvalue weighted by Gasteiger charge is 2.25. The molecule has 0 saturated carbocycles. The van der Waals surface area contributed by atoms with Gasteiger partial charge in [-0.15, -0.1) is 0 Å². The van der Waals surface area contributed by atoms with E-state index >= 15 is 0 Å². The van der Waals surface area contributed by atoms with Crippen molar-refractivity contribution in [3.05, 3.63) is 0 Å². The minimum atomic E-state index is -1.34. The molecule has 0 heterocycles. The molecule has 51 heavy (non-hydrogen) atoms. The van der Waals surface area contributed by atoms with Crippen LogP contribution in [-0.4, -0.2) is 97.0 Å². The normalized spacial score (nSPS) is 13.4. The molecule has 0 radical (unpaired) electrons. The van der Waals surface area contributed by atoms with Crippen LogP contribution in [0.4, 0.5) is 4.79 Å². The molecule has 2 N–H and O–H groups in total. The molecule has 0 aliphatic heterocycles. The Morgan fingerprint density at radius 2 is 1.04 bits per heavy atom. The van der Waals surface area contributed by atoms with Crippen molar-refractivity contribution in [3.8, 4) is 0 Å². The molecule has 3 atom stereocenters. The fourth-order valence-electron chi connectivity index (χ4n) is 6.65. The maximum atomic E-state index is 13.0. The first kappa shape index (κ1) is 49.6. The lowest BCUT2D eigenvalue weighted by Gasteiger charge is -2.29. The molecular formula is C42H84N2O7. The van der Waals surface area contributed by atoms with Crippen molar-refractivity contribution < 1.29 is 34.0 Å². The van der Waals surface area contributed by atoms with Crippen LogP contribution < -0.4 is 0 Å². The van der Waals surface area contributed by atoms with Crippen molar-refractivity contribution in [1.82, 2.24) is 9.80 Å². The van der Waals surface area contributed by atoms with Gasteiger partial charge in [-0.3, -0.25) is 9.80 Å². The molecule has 0 fully saturated rings. The molecule has 0 saturated heterocycles. The van der Waals surface area contributed by atoms with Gasteiger partial charge >= 0.3 is 12.1 Å². The molecule has 0 bridgehead atoms. The minimum Gasteiger partial charge on any atom is -0.462 e. The lowest BCUT2D eigenvalue weighted by atomic mass is 9.95. The number of hydrogen-bond donors (Lipinski definition) is 2. The van der Waals surface area contributed by atoms with Crippen LogP contribution in [0, 0.1) is 5.92 Å². The standard InChI is InChI=1S/C42H84N2O7/c1-6-11-15-18-20-22-26-30-39(29-23-14-9-4)51-42(48)49-36-34-43(33-35-45)31-32-44(10-5)40(46)41(47)50-37-38(27-24-17-13-8-3)28-25-21-19-16-12-7-2/h38-40,45-46H,6-37H2,1-5H3. The number of likely N-dealkylation sites (N-methyl/N-ethyl adjacent to an activating group) is 1. The highest BCUT2D eigenvalue weighted by atomic mass is 16.7. The van der Waals surface area contributed by atoms with E-state index in [0.717, 1.165) is 64.2 Å². The fraction of sp³-hybridized carbons (Fsp3) is 0.952. The molecule has 0 amide bonds. The van der Waals surface area contributed by atoms with Crippen LogP contribution in [0.3, 0.4) is 0 Å². The first-order chi connectivity index (χ1) is 24.9. The van der Waals surface area contributed by atoms with Crippen molar-refractivity contribution >= 4 is 12.1 Å². The number of carbonyl (C=O) groups excluding carboxylic acids is 2. The molecule has 304 valence electrons. The van der Waals surface area contributed by atoms with E-state index < -0.39 is 18.4 Å². The summed E-state index contributed by atoms with van der Waals surface area (Å²) >= 11 is 0. The SMILES string of the molecule is CCCCCCCCCC(CCCCC)OC(=O)OCCN(CCO)CCN(CC)C(O)C(=O)OCC(CCCCCC)CCCCCCCC. The number of esters is 1. The van der Waals surface area contributed by atoms with Crippen LogP contribution in [0.15, 0.2) is 0 Å². The molecule has 0 aliphatic rings. The number of aliphatic hydroxyl groups excluding tert-OH is 2. The first-order valence-electron chi connectivity index (χ1n) is 21.6. The summed E-state index contributed by atoms with van der Waals surface area (Å²) in [4.78, 5) is 29.2. The van der Waals surface area contributed by atoms with E-state index in [2.05, 4.69) is 27.7 Å². The second-order valence-electron chi connectivity index (χ2n) is 14.7. The highest BCUT2D eigenvalue weighted by molar-refractivity contribution is 5.73. The number of rotatable bonds is 38. The Hall–Kier alpha value is -1.42. The Morgan fingerprint density at radius 3 is 1.57 bits per heavy atom. The summed E-state index contributed by atoms with van der Waals surface area (Å²) < 4.78 is 16.9. The van der Waals surface area contributed by atoms with Crippen LogP contribution in [0.2, 0.25) is 0 Å². The van der Waals surface area contributed by atoms with Crippen molar-refractivity contribution in [3.63, 3.8) is 0 Å². The van der Waals surface area contributed by atoms with Gasteiger partial charge in [-0.1, -0.05) is 150 Å². The third-order valence-electron chi connectivity index (χ3n) is 10.1. The minimum absolute atomic E-state index is 0.0443. The monoisotopic (exact) mass is 729 g/mol. The van der Waals surface area contributed by atoms with Crippen LogP contribution >= 0.6 is 0 Å². The van der Waals surface area contributed by atoms with Crippen molar-refractivity contribution in [2.75, 3.05) is 52.5 Å². The van der Waals surface area contributed by atoms with Gasteiger partial charge in [0.25, 0.3) is 0 Å². The molecule has 0 aliphatic carbocycles. The third-order valence-corrected chi connectivity index (χ3v) is 10.1.